The van der Waals surface area contributed by atoms with Crippen LogP contribution in [0, 0.1) is 5.41 Å². The molecule has 1 saturated heterocycles. The normalized spacial score (nSPS) is 22.5. The zero-order chi connectivity index (χ0) is 14.5. The minimum absolute atomic E-state index is 0.721. The third kappa shape index (κ3) is 3.67. The Morgan fingerprint density at radius 2 is 1.62 bits per heavy atom. The zero-order valence-corrected chi connectivity index (χ0v) is 13.5. The molecule has 2 fully saturated rings. The molecule has 1 aromatic carbocycles. The van der Waals surface area contributed by atoms with Crippen molar-refractivity contribution >= 4 is 0 Å². The average molecular weight is 286 g/mol. The summed E-state index contributed by atoms with van der Waals surface area (Å²) < 4.78 is 0. The Bertz CT molecular complexity index is 439. The number of nitrogens with zero attached hydrogens (tertiary/aromatic N) is 1. The highest BCUT2D eigenvalue weighted by atomic mass is 15.1. The molecule has 1 spiro atoms. The fraction of sp³-hybridized carbons (Fsp3) is 0.684. The maximum atomic E-state index is 3.29. The molecule has 1 saturated carbocycles. The van der Waals surface area contributed by atoms with Gasteiger partial charge in [-0.15, -0.1) is 0 Å². The van der Waals surface area contributed by atoms with Crippen LogP contribution in [0.25, 0.3) is 0 Å². The second-order valence-electron chi connectivity index (χ2n) is 7.14. The van der Waals surface area contributed by atoms with Gasteiger partial charge >= 0.3 is 0 Å². The summed E-state index contributed by atoms with van der Waals surface area (Å²) in [6, 6.07) is 8.90. The van der Waals surface area contributed by atoms with Crippen LogP contribution in [-0.4, -0.2) is 25.0 Å². The first kappa shape index (κ1) is 15.1. The maximum Gasteiger partial charge on any atom is 0.0236 e. The predicted molar refractivity (Wildman–Crippen MR) is 89.2 cm³/mol. The van der Waals surface area contributed by atoms with E-state index in [0.717, 1.165) is 18.5 Å². The molecule has 21 heavy (non-hydrogen) atoms. The molecule has 116 valence electrons. The molecule has 2 heteroatoms. The minimum atomic E-state index is 0.721. The van der Waals surface area contributed by atoms with Crippen LogP contribution < -0.4 is 5.32 Å². The quantitative estimate of drug-likeness (QED) is 0.901. The number of hydrogen-bond donors (Lipinski definition) is 1. The van der Waals surface area contributed by atoms with Crippen LogP contribution in [0.4, 0.5) is 0 Å². The lowest BCUT2D eigenvalue weighted by molar-refractivity contribution is 0.0640. The van der Waals surface area contributed by atoms with E-state index in [2.05, 4.69) is 34.5 Å². The van der Waals surface area contributed by atoms with E-state index in [9.17, 15) is 0 Å². The van der Waals surface area contributed by atoms with E-state index in [1.54, 1.807) is 0 Å². The van der Waals surface area contributed by atoms with E-state index < -0.39 is 0 Å². The van der Waals surface area contributed by atoms with E-state index in [4.69, 9.17) is 0 Å². The van der Waals surface area contributed by atoms with Gasteiger partial charge in [-0.05, 0) is 62.4 Å². The molecule has 0 atom stereocenters. The number of likely N-dealkylation sites (tertiary alicyclic amines) is 1. The molecule has 2 aliphatic rings. The fourth-order valence-corrected chi connectivity index (χ4v) is 4.30. The topological polar surface area (TPSA) is 15.3 Å². The largest absolute Gasteiger partial charge is 0.316 e. The summed E-state index contributed by atoms with van der Waals surface area (Å²) in [6.45, 7) is 4.71. The molecule has 0 amide bonds. The minimum Gasteiger partial charge on any atom is -0.316 e. The van der Waals surface area contributed by atoms with Crippen LogP contribution >= 0.6 is 0 Å². The van der Waals surface area contributed by atoms with E-state index in [-0.39, 0.29) is 0 Å². The maximum absolute atomic E-state index is 3.29. The van der Waals surface area contributed by atoms with Gasteiger partial charge in [0, 0.05) is 13.1 Å². The van der Waals surface area contributed by atoms with Gasteiger partial charge < -0.3 is 5.32 Å². The molecular weight excluding hydrogens is 256 g/mol. The van der Waals surface area contributed by atoms with Crippen LogP contribution in [0.2, 0.25) is 0 Å². The third-order valence-electron chi connectivity index (χ3n) is 5.71. The predicted octanol–water partition coefficient (Wildman–Crippen LogP) is 3.95. The molecule has 0 radical (unpaired) electrons. The lowest BCUT2D eigenvalue weighted by Gasteiger charge is -2.44. The Labute approximate surface area is 129 Å². The summed E-state index contributed by atoms with van der Waals surface area (Å²) in [5, 5.41) is 3.29. The van der Waals surface area contributed by atoms with Gasteiger partial charge in [0.25, 0.3) is 0 Å². The van der Waals surface area contributed by atoms with E-state index in [1.807, 2.05) is 7.05 Å². The van der Waals surface area contributed by atoms with Crippen LogP contribution in [0.5, 0.6) is 0 Å². The van der Waals surface area contributed by atoms with E-state index in [1.165, 1.54) is 69.2 Å². The molecule has 1 aliphatic heterocycles. The van der Waals surface area contributed by atoms with Gasteiger partial charge in [-0.2, -0.15) is 0 Å². The number of piperidine rings is 1. The van der Waals surface area contributed by atoms with Crippen molar-refractivity contribution in [3.05, 3.63) is 35.4 Å². The van der Waals surface area contributed by atoms with E-state index in [0.29, 0.717) is 0 Å². The molecule has 2 nitrogen and oxygen atoms in total. The second-order valence-corrected chi connectivity index (χ2v) is 7.14. The van der Waals surface area contributed by atoms with Crippen molar-refractivity contribution in [1.82, 2.24) is 10.2 Å². The van der Waals surface area contributed by atoms with Crippen molar-refractivity contribution in [2.24, 2.45) is 5.41 Å². The molecule has 0 aromatic heterocycles. The first-order valence-corrected chi connectivity index (χ1v) is 8.75. The van der Waals surface area contributed by atoms with Gasteiger partial charge in [0.2, 0.25) is 0 Å². The number of nitrogens with one attached hydrogen (secondary N) is 1. The van der Waals surface area contributed by atoms with Crippen molar-refractivity contribution in [3.63, 3.8) is 0 Å². The highest BCUT2D eigenvalue weighted by Crippen LogP contribution is 2.44. The first-order valence-electron chi connectivity index (χ1n) is 8.75. The van der Waals surface area contributed by atoms with E-state index >= 15 is 0 Å². The Morgan fingerprint density at radius 3 is 2.29 bits per heavy atom. The zero-order valence-electron chi connectivity index (χ0n) is 13.5. The summed E-state index contributed by atoms with van der Waals surface area (Å²) in [6.07, 6.45) is 10.3. The number of benzene rings is 1. The van der Waals surface area contributed by atoms with Gasteiger partial charge in [0.15, 0.2) is 0 Å². The molecule has 0 bridgehead atoms. The lowest BCUT2D eigenvalue weighted by Crippen LogP contribution is -2.40. The van der Waals surface area contributed by atoms with Crippen LogP contribution in [-0.2, 0) is 13.1 Å². The van der Waals surface area contributed by atoms with Gasteiger partial charge in [-0.3, -0.25) is 4.90 Å². The van der Waals surface area contributed by atoms with Crippen molar-refractivity contribution in [1.29, 1.82) is 0 Å². The number of hydrogen-bond acceptors (Lipinski definition) is 2. The molecule has 1 aromatic rings. The SMILES string of the molecule is CNCc1ccccc1CN1CCC2(CCCCC2)CC1. The molecular formula is C19H30N2. The Hall–Kier alpha value is -0.860. The highest BCUT2D eigenvalue weighted by molar-refractivity contribution is 5.27. The lowest BCUT2D eigenvalue weighted by atomic mass is 9.68. The van der Waals surface area contributed by atoms with Crippen molar-refractivity contribution in [2.75, 3.05) is 20.1 Å². The van der Waals surface area contributed by atoms with Crippen molar-refractivity contribution in [3.8, 4) is 0 Å². The summed E-state index contributed by atoms with van der Waals surface area (Å²) in [5.74, 6) is 0. The summed E-state index contributed by atoms with van der Waals surface area (Å²) >= 11 is 0. The highest BCUT2D eigenvalue weighted by Gasteiger charge is 2.35. The second kappa shape index (κ2) is 6.93. The Kier molecular flexibility index (Phi) is 4.97. The average Bonchev–Trinajstić information content (AvgIpc) is 2.53. The van der Waals surface area contributed by atoms with Gasteiger partial charge in [-0.1, -0.05) is 43.5 Å². The monoisotopic (exact) mass is 286 g/mol. The fourth-order valence-electron chi connectivity index (χ4n) is 4.30. The van der Waals surface area contributed by atoms with Crippen molar-refractivity contribution in [2.45, 2.75) is 58.0 Å². The molecule has 1 N–H and O–H groups in total. The summed E-state index contributed by atoms with van der Waals surface area (Å²) in [5.41, 5.74) is 3.68. The first-order chi connectivity index (χ1) is 10.3. The molecule has 3 rings (SSSR count). The summed E-state index contributed by atoms with van der Waals surface area (Å²) in [4.78, 5) is 2.67. The standard InChI is InChI=1S/C19H30N2/c1-20-15-17-7-3-4-8-18(17)16-21-13-11-19(12-14-21)9-5-2-6-10-19/h3-4,7-8,20H,2,5-6,9-16H2,1H3. The van der Waals surface area contributed by atoms with Crippen molar-refractivity contribution < 1.29 is 0 Å². The van der Waals surface area contributed by atoms with Crippen LogP contribution in [0.3, 0.4) is 0 Å². The molecule has 1 heterocycles. The van der Waals surface area contributed by atoms with Gasteiger partial charge in [-0.25, -0.2) is 0 Å². The smallest absolute Gasteiger partial charge is 0.0236 e. The van der Waals surface area contributed by atoms with Gasteiger partial charge in [0.05, 0.1) is 0 Å². The molecule has 0 unspecified atom stereocenters. The Balaban J connectivity index is 1.58. The van der Waals surface area contributed by atoms with Crippen LogP contribution in [0.15, 0.2) is 24.3 Å². The number of rotatable bonds is 4. The Morgan fingerprint density at radius 1 is 0.952 bits per heavy atom. The summed E-state index contributed by atoms with van der Waals surface area (Å²) in [7, 11) is 2.03. The van der Waals surface area contributed by atoms with Crippen LogP contribution in [0.1, 0.15) is 56.1 Å². The van der Waals surface area contributed by atoms with Gasteiger partial charge in [0.1, 0.15) is 0 Å². The third-order valence-corrected chi connectivity index (χ3v) is 5.71. The molecule has 1 aliphatic carbocycles.